The second-order valence-electron chi connectivity index (χ2n) is 5.74. The molecule has 4 nitrogen and oxygen atoms in total. The number of anilines is 1. The number of thiocarbonyl (C=S) groups is 1. The quantitative estimate of drug-likeness (QED) is 0.633. The molecular formula is C17H17ClN2O2S2. The highest BCUT2D eigenvalue weighted by Gasteiger charge is 2.36. The van der Waals surface area contributed by atoms with E-state index in [-0.39, 0.29) is 17.5 Å². The Hall–Kier alpha value is -1.63. The second-order valence-corrected chi connectivity index (χ2v) is 8.86. The predicted molar refractivity (Wildman–Crippen MR) is 103 cm³/mol. The molecule has 2 N–H and O–H groups in total. The fourth-order valence-electron chi connectivity index (χ4n) is 2.65. The van der Waals surface area contributed by atoms with Gasteiger partial charge in [-0.2, -0.15) is 0 Å². The van der Waals surface area contributed by atoms with Gasteiger partial charge in [-0.15, -0.1) is 11.6 Å². The van der Waals surface area contributed by atoms with Crippen molar-refractivity contribution >= 4 is 44.5 Å². The topological polar surface area (TPSA) is 58.2 Å². The highest BCUT2D eigenvalue weighted by molar-refractivity contribution is 7.91. The summed E-state index contributed by atoms with van der Waals surface area (Å²) in [6.45, 7) is 0. The molecule has 7 heteroatoms. The summed E-state index contributed by atoms with van der Waals surface area (Å²) >= 11 is 11.3. The van der Waals surface area contributed by atoms with Crippen molar-refractivity contribution in [3.8, 4) is 11.1 Å². The van der Waals surface area contributed by atoms with Crippen LogP contribution >= 0.6 is 23.8 Å². The lowest BCUT2D eigenvalue weighted by atomic mass is 10.1. The van der Waals surface area contributed by atoms with Crippen molar-refractivity contribution in [1.29, 1.82) is 0 Å². The van der Waals surface area contributed by atoms with Crippen LogP contribution in [0.25, 0.3) is 11.1 Å². The standard InChI is InChI=1S/C17H17ClN2O2S2/c18-15-10-24(21,22)11-16(15)20-17(23)19-14-8-6-13(7-9-14)12-4-2-1-3-5-12/h1-9,15-16H,10-11H2,(H2,19,20,23). The summed E-state index contributed by atoms with van der Waals surface area (Å²) in [5, 5.41) is 5.96. The molecule has 1 aliphatic rings. The smallest absolute Gasteiger partial charge is 0.171 e. The van der Waals surface area contributed by atoms with Gasteiger partial charge in [-0.05, 0) is 35.5 Å². The molecule has 2 unspecified atom stereocenters. The van der Waals surface area contributed by atoms with E-state index >= 15 is 0 Å². The first-order valence-corrected chi connectivity index (χ1v) is 10.2. The fourth-order valence-corrected chi connectivity index (χ4v) is 5.47. The SMILES string of the molecule is O=S1(=O)CC(Cl)C(NC(=S)Nc2ccc(-c3ccccc3)cc2)C1. The molecule has 0 spiro atoms. The summed E-state index contributed by atoms with van der Waals surface area (Å²) in [5.74, 6) is -0.00343. The summed E-state index contributed by atoms with van der Waals surface area (Å²) in [6, 6.07) is 17.6. The third kappa shape index (κ3) is 4.26. The monoisotopic (exact) mass is 380 g/mol. The third-order valence-corrected chi connectivity index (χ3v) is 6.44. The molecule has 24 heavy (non-hydrogen) atoms. The summed E-state index contributed by atoms with van der Waals surface area (Å²) < 4.78 is 23.2. The van der Waals surface area contributed by atoms with Gasteiger partial charge in [-0.25, -0.2) is 8.42 Å². The number of rotatable bonds is 3. The minimum atomic E-state index is -3.08. The minimum Gasteiger partial charge on any atom is -0.357 e. The molecule has 1 saturated heterocycles. The van der Waals surface area contributed by atoms with E-state index in [0.717, 1.165) is 16.8 Å². The van der Waals surface area contributed by atoms with Crippen LogP contribution in [0.1, 0.15) is 0 Å². The van der Waals surface area contributed by atoms with Crippen molar-refractivity contribution < 1.29 is 8.42 Å². The van der Waals surface area contributed by atoms with Gasteiger partial charge in [-0.1, -0.05) is 42.5 Å². The van der Waals surface area contributed by atoms with E-state index in [2.05, 4.69) is 22.8 Å². The molecular weight excluding hydrogens is 364 g/mol. The van der Waals surface area contributed by atoms with Crippen LogP contribution in [-0.4, -0.2) is 36.5 Å². The molecule has 2 atom stereocenters. The van der Waals surface area contributed by atoms with Gasteiger partial charge in [0.2, 0.25) is 0 Å². The van der Waals surface area contributed by atoms with Gasteiger partial charge in [0.15, 0.2) is 14.9 Å². The number of alkyl halides is 1. The maximum absolute atomic E-state index is 11.6. The fraction of sp³-hybridized carbons (Fsp3) is 0.235. The van der Waals surface area contributed by atoms with Crippen molar-refractivity contribution in [3.63, 3.8) is 0 Å². The molecule has 2 aromatic rings. The Morgan fingerprint density at radius 1 is 1.00 bits per heavy atom. The van der Waals surface area contributed by atoms with Gasteiger partial charge in [-0.3, -0.25) is 0 Å². The van der Waals surface area contributed by atoms with Gasteiger partial charge < -0.3 is 10.6 Å². The van der Waals surface area contributed by atoms with E-state index in [4.69, 9.17) is 23.8 Å². The largest absolute Gasteiger partial charge is 0.357 e. The Kier molecular flexibility index (Phi) is 5.08. The van der Waals surface area contributed by atoms with Gasteiger partial charge in [0.05, 0.1) is 22.9 Å². The van der Waals surface area contributed by atoms with Crippen LogP contribution in [0.3, 0.4) is 0 Å². The van der Waals surface area contributed by atoms with Crippen molar-refractivity contribution in [1.82, 2.24) is 5.32 Å². The minimum absolute atomic E-state index is 0.00985. The molecule has 0 amide bonds. The highest BCUT2D eigenvalue weighted by Crippen LogP contribution is 2.21. The van der Waals surface area contributed by atoms with Crippen LogP contribution in [0, 0.1) is 0 Å². The molecule has 0 radical (unpaired) electrons. The van der Waals surface area contributed by atoms with Crippen LogP contribution in [0.2, 0.25) is 0 Å². The average Bonchev–Trinajstić information content (AvgIpc) is 2.80. The zero-order chi connectivity index (χ0) is 17.2. The molecule has 0 aromatic heterocycles. The zero-order valence-corrected chi connectivity index (χ0v) is 15.2. The lowest BCUT2D eigenvalue weighted by molar-refractivity contribution is 0.600. The van der Waals surface area contributed by atoms with E-state index in [0.29, 0.717) is 5.11 Å². The molecule has 126 valence electrons. The number of hydrogen-bond donors (Lipinski definition) is 2. The molecule has 1 heterocycles. The van der Waals surface area contributed by atoms with Gasteiger partial charge in [0.25, 0.3) is 0 Å². The molecule has 3 rings (SSSR count). The molecule has 0 aliphatic carbocycles. The predicted octanol–water partition coefficient (Wildman–Crippen LogP) is 3.04. The molecule has 1 fully saturated rings. The van der Waals surface area contributed by atoms with Gasteiger partial charge >= 0.3 is 0 Å². The summed E-state index contributed by atoms with van der Waals surface area (Å²) in [4.78, 5) is 0. The van der Waals surface area contributed by atoms with E-state index in [1.54, 1.807) is 0 Å². The Morgan fingerprint density at radius 2 is 1.62 bits per heavy atom. The second kappa shape index (κ2) is 7.09. The van der Waals surface area contributed by atoms with E-state index in [1.807, 2.05) is 42.5 Å². The van der Waals surface area contributed by atoms with Crippen LogP contribution in [0.4, 0.5) is 5.69 Å². The van der Waals surface area contributed by atoms with E-state index < -0.39 is 15.2 Å². The maximum Gasteiger partial charge on any atom is 0.171 e. The van der Waals surface area contributed by atoms with Crippen LogP contribution in [-0.2, 0) is 9.84 Å². The Bertz CT molecular complexity index is 823. The third-order valence-electron chi connectivity index (χ3n) is 3.85. The molecule has 0 saturated carbocycles. The van der Waals surface area contributed by atoms with Crippen LogP contribution < -0.4 is 10.6 Å². The van der Waals surface area contributed by atoms with Gasteiger partial charge in [0, 0.05) is 5.69 Å². The molecule has 1 aliphatic heterocycles. The lowest BCUT2D eigenvalue weighted by Gasteiger charge is -2.17. The van der Waals surface area contributed by atoms with E-state index in [9.17, 15) is 8.42 Å². The van der Waals surface area contributed by atoms with Crippen molar-refractivity contribution in [2.24, 2.45) is 0 Å². The van der Waals surface area contributed by atoms with Crippen LogP contribution in [0.15, 0.2) is 54.6 Å². The Balaban J connectivity index is 1.61. The Labute approximate surface area is 152 Å². The number of halogens is 1. The first-order valence-electron chi connectivity index (χ1n) is 7.50. The highest BCUT2D eigenvalue weighted by atomic mass is 35.5. The maximum atomic E-state index is 11.6. The molecule has 0 bridgehead atoms. The normalized spacial score (nSPS) is 22.0. The number of benzene rings is 2. The average molecular weight is 381 g/mol. The van der Waals surface area contributed by atoms with Crippen molar-refractivity contribution in [2.45, 2.75) is 11.4 Å². The van der Waals surface area contributed by atoms with Gasteiger partial charge in [0.1, 0.15) is 0 Å². The van der Waals surface area contributed by atoms with Crippen LogP contribution in [0.5, 0.6) is 0 Å². The zero-order valence-electron chi connectivity index (χ0n) is 12.8. The first-order chi connectivity index (χ1) is 11.4. The summed E-state index contributed by atoms with van der Waals surface area (Å²) in [7, 11) is -3.08. The Morgan fingerprint density at radius 3 is 2.21 bits per heavy atom. The summed E-state index contributed by atoms with van der Waals surface area (Å²) in [5.41, 5.74) is 3.09. The van der Waals surface area contributed by atoms with Crippen molar-refractivity contribution in [3.05, 3.63) is 54.6 Å². The number of nitrogens with one attached hydrogen (secondary N) is 2. The van der Waals surface area contributed by atoms with Crippen molar-refractivity contribution in [2.75, 3.05) is 16.8 Å². The first kappa shape index (κ1) is 17.2. The molecule has 2 aromatic carbocycles. The van der Waals surface area contributed by atoms with E-state index in [1.165, 1.54) is 0 Å². The lowest BCUT2D eigenvalue weighted by Crippen LogP contribution is -2.42. The summed E-state index contributed by atoms with van der Waals surface area (Å²) in [6.07, 6.45) is 0. The number of hydrogen-bond acceptors (Lipinski definition) is 3. The number of sulfone groups is 1.